The highest BCUT2D eigenvalue weighted by atomic mass is 32.2. The third-order valence-corrected chi connectivity index (χ3v) is 7.52. The van der Waals surface area contributed by atoms with E-state index >= 15 is 0 Å². The van der Waals surface area contributed by atoms with Crippen molar-refractivity contribution < 1.29 is 22.7 Å². The summed E-state index contributed by atoms with van der Waals surface area (Å²) in [5.74, 6) is 0.488. The van der Waals surface area contributed by atoms with Crippen molar-refractivity contribution in [1.29, 1.82) is 0 Å². The summed E-state index contributed by atoms with van der Waals surface area (Å²) in [4.78, 5) is 15.3. The maximum atomic E-state index is 13.7. The first kappa shape index (κ1) is 22.7. The summed E-state index contributed by atoms with van der Waals surface area (Å²) >= 11 is 0. The Morgan fingerprint density at radius 1 is 1.00 bits per heavy atom. The zero-order chi connectivity index (χ0) is 23.6. The highest BCUT2D eigenvalue weighted by molar-refractivity contribution is 7.92. The molecule has 0 radical (unpaired) electrons. The molecular weight excluding hydrogens is 440 g/mol. The molecule has 1 heterocycles. The molecule has 0 aromatic heterocycles. The van der Waals surface area contributed by atoms with Crippen LogP contribution in [0, 0.1) is 0 Å². The van der Waals surface area contributed by atoms with Crippen LogP contribution in [0.25, 0.3) is 0 Å². The van der Waals surface area contributed by atoms with Gasteiger partial charge in [0.1, 0.15) is 18.0 Å². The van der Waals surface area contributed by atoms with E-state index in [1.54, 1.807) is 41.3 Å². The lowest BCUT2D eigenvalue weighted by Gasteiger charge is -2.29. The van der Waals surface area contributed by atoms with Crippen molar-refractivity contribution in [3.05, 3.63) is 78.4 Å². The number of amides is 1. The number of fused-ring (bicyclic) bond motifs is 1. The lowest BCUT2D eigenvalue weighted by molar-refractivity contribution is -0.117. The van der Waals surface area contributed by atoms with E-state index in [9.17, 15) is 13.2 Å². The number of carbonyl (C=O) groups is 1. The van der Waals surface area contributed by atoms with Crippen LogP contribution in [0.15, 0.2) is 77.7 Å². The summed E-state index contributed by atoms with van der Waals surface area (Å²) < 4.78 is 39.2. The molecule has 0 fully saturated rings. The minimum atomic E-state index is -4.06. The SMILES string of the molecule is COc1ccc(N(CC(=O)N2c3ccccc3C[C@H]2C)S(=O)(=O)c2ccccc2)c(OC)c1. The monoisotopic (exact) mass is 466 g/mol. The molecule has 0 N–H and O–H groups in total. The van der Waals surface area contributed by atoms with Crippen molar-refractivity contribution in [1.82, 2.24) is 0 Å². The van der Waals surface area contributed by atoms with Crippen molar-refractivity contribution in [3.8, 4) is 11.5 Å². The van der Waals surface area contributed by atoms with Crippen LogP contribution >= 0.6 is 0 Å². The van der Waals surface area contributed by atoms with Gasteiger partial charge in [-0.25, -0.2) is 8.42 Å². The van der Waals surface area contributed by atoms with Gasteiger partial charge < -0.3 is 14.4 Å². The van der Waals surface area contributed by atoms with Gasteiger partial charge >= 0.3 is 0 Å². The number of methoxy groups -OCH3 is 2. The van der Waals surface area contributed by atoms with Crippen molar-refractivity contribution in [2.24, 2.45) is 0 Å². The first-order chi connectivity index (χ1) is 15.9. The van der Waals surface area contributed by atoms with Gasteiger partial charge in [-0.1, -0.05) is 36.4 Å². The molecule has 1 aliphatic heterocycles. The van der Waals surface area contributed by atoms with Crippen LogP contribution in [0.2, 0.25) is 0 Å². The number of nitrogens with zero attached hydrogens (tertiary/aromatic N) is 2. The van der Waals surface area contributed by atoms with Crippen molar-refractivity contribution in [3.63, 3.8) is 0 Å². The Bertz CT molecular complexity index is 1260. The molecule has 1 amide bonds. The molecule has 0 saturated heterocycles. The van der Waals surface area contributed by atoms with Gasteiger partial charge in [0.15, 0.2) is 0 Å². The number of ether oxygens (including phenoxy) is 2. The number of anilines is 2. The summed E-state index contributed by atoms with van der Waals surface area (Å²) in [6.45, 7) is 1.58. The maximum absolute atomic E-state index is 13.7. The van der Waals surface area contributed by atoms with E-state index in [-0.39, 0.29) is 34.8 Å². The molecule has 33 heavy (non-hydrogen) atoms. The summed E-state index contributed by atoms with van der Waals surface area (Å²) in [5, 5.41) is 0. The minimum absolute atomic E-state index is 0.0751. The molecule has 0 saturated carbocycles. The fraction of sp³-hybridized carbons (Fsp3) is 0.240. The lowest BCUT2D eigenvalue weighted by atomic mass is 10.1. The van der Waals surface area contributed by atoms with Gasteiger partial charge in [-0.15, -0.1) is 0 Å². The van der Waals surface area contributed by atoms with Crippen LogP contribution in [0.5, 0.6) is 11.5 Å². The van der Waals surface area contributed by atoms with Gasteiger partial charge in [-0.05, 0) is 49.2 Å². The van der Waals surface area contributed by atoms with Crippen LogP contribution in [0.4, 0.5) is 11.4 Å². The normalized spacial score (nSPS) is 15.1. The number of benzene rings is 3. The van der Waals surface area contributed by atoms with Gasteiger partial charge in [-0.3, -0.25) is 9.10 Å². The first-order valence-electron chi connectivity index (χ1n) is 10.6. The van der Waals surface area contributed by atoms with Crippen LogP contribution in [0.3, 0.4) is 0 Å². The Labute approximate surface area is 194 Å². The molecule has 172 valence electrons. The van der Waals surface area contributed by atoms with Gasteiger partial charge in [0.25, 0.3) is 10.0 Å². The third kappa shape index (κ3) is 4.26. The number of hydrogen-bond acceptors (Lipinski definition) is 5. The van der Waals surface area contributed by atoms with Crippen molar-refractivity contribution >= 4 is 27.3 Å². The fourth-order valence-electron chi connectivity index (χ4n) is 4.15. The molecule has 1 atom stereocenters. The third-order valence-electron chi connectivity index (χ3n) is 5.74. The summed E-state index contributed by atoms with van der Waals surface area (Å²) in [7, 11) is -1.09. The molecule has 1 aliphatic rings. The van der Waals surface area contributed by atoms with Gasteiger partial charge in [0.2, 0.25) is 5.91 Å². The second-order valence-electron chi connectivity index (χ2n) is 7.81. The molecular formula is C25H26N2O5S. The smallest absolute Gasteiger partial charge is 0.264 e. The minimum Gasteiger partial charge on any atom is -0.497 e. The molecule has 8 heteroatoms. The molecule has 0 spiro atoms. The average Bonchev–Trinajstić information content (AvgIpc) is 3.18. The highest BCUT2D eigenvalue weighted by Gasteiger charge is 2.35. The first-order valence-corrected chi connectivity index (χ1v) is 12.0. The summed E-state index contributed by atoms with van der Waals surface area (Å²) in [5.41, 5.74) is 2.14. The number of sulfonamides is 1. The molecule has 0 bridgehead atoms. The van der Waals surface area contributed by atoms with Crippen LogP contribution in [0.1, 0.15) is 12.5 Å². The predicted octanol–water partition coefficient (Wildman–Crippen LogP) is 3.88. The van der Waals surface area contributed by atoms with E-state index in [1.165, 1.54) is 26.4 Å². The van der Waals surface area contributed by atoms with E-state index in [0.29, 0.717) is 5.75 Å². The van der Waals surface area contributed by atoms with E-state index in [1.807, 2.05) is 31.2 Å². The highest BCUT2D eigenvalue weighted by Crippen LogP contribution is 2.37. The van der Waals surface area contributed by atoms with Crippen molar-refractivity contribution in [2.75, 3.05) is 30.0 Å². The van der Waals surface area contributed by atoms with E-state index in [0.717, 1.165) is 22.0 Å². The Kier molecular flexibility index (Phi) is 6.29. The zero-order valence-corrected chi connectivity index (χ0v) is 19.6. The van der Waals surface area contributed by atoms with Crippen LogP contribution < -0.4 is 18.7 Å². The van der Waals surface area contributed by atoms with Gasteiger partial charge in [-0.2, -0.15) is 0 Å². The number of hydrogen-bond donors (Lipinski definition) is 0. The lowest BCUT2D eigenvalue weighted by Crippen LogP contribution is -2.45. The van der Waals surface area contributed by atoms with Crippen LogP contribution in [-0.4, -0.2) is 41.1 Å². The number of carbonyl (C=O) groups excluding carboxylic acids is 1. The zero-order valence-electron chi connectivity index (χ0n) is 18.8. The number of rotatable bonds is 7. The van der Waals surface area contributed by atoms with Gasteiger partial charge in [0.05, 0.1) is 24.8 Å². The Balaban J connectivity index is 1.78. The average molecular weight is 467 g/mol. The van der Waals surface area contributed by atoms with E-state index < -0.39 is 10.0 Å². The second-order valence-corrected chi connectivity index (χ2v) is 9.67. The predicted molar refractivity (Wildman–Crippen MR) is 128 cm³/mol. The molecule has 3 aromatic carbocycles. The second kappa shape index (κ2) is 9.15. The Morgan fingerprint density at radius 3 is 2.39 bits per heavy atom. The fourth-order valence-corrected chi connectivity index (χ4v) is 5.60. The Hall–Kier alpha value is -3.52. The molecule has 7 nitrogen and oxygen atoms in total. The standard InChI is InChI=1S/C25H26N2O5S/c1-18-15-19-9-7-8-12-22(19)27(18)25(28)17-26(33(29,30)21-10-5-4-6-11-21)23-14-13-20(31-2)16-24(23)32-3/h4-14,16,18H,15,17H2,1-3H3/t18-/m1/s1. The molecule has 0 unspecified atom stereocenters. The van der Waals surface area contributed by atoms with Gasteiger partial charge in [0, 0.05) is 17.8 Å². The number of para-hydroxylation sites is 1. The van der Waals surface area contributed by atoms with E-state index in [2.05, 4.69) is 0 Å². The summed E-state index contributed by atoms with van der Waals surface area (Å²) in [6, 6.07) is 20.5. The van der Waals surface area contributed by atoms with Crippen molar-refractivity contribution in [2.45, 2.75) is 24.3 Å². The van der Waals surface area contributed by atoms with E-state index in [4.69, 9.17) is 9.47 Å². The molecule has 4 rings (SSSR count). The maximum Gasteiger partial charge on any atom is 0.264 e. The molecule has 3 aromatic rings. The van der Waals surface area contributed by atoms with Crippen LogP contribution in [-0.2, 0) is 21.2 Å². The Morgan fingerprint density at radius 2 is 1.70 bits per heavy atom. The summed E-state index contributed by atoms with van der Waals surface area (Å²) in [6.07, 6.45) is 0.721. The topological polar surface area (TPSA) is 76.2 Å². The largest absolute Gasteiger partial charge is 0.497 e. The quantitative estimate of drug-likeness (QED) is 0.528. The molecule has 0 aliphatic carbocycles.